The third kappa shape index (κ3) is 3.33. The number of rotatable bonds is 3. The minimum atomic E-state index is -0.887. The maximum atomic E-state index is 9.42. The number of para-hydroxylation sites is 1. The number of furan rings is 2. The van der Waals surface area contributed by atoms with Gasteiger partial charge in [-0.05, 0) is 50.8 Å². The highest BCUT2D eigenvalue weighted by atomic mass is 16.3. The molecule has 0 N–H and O–H groups in total. The molecule has 9 rings (SSSR count). The van der Waals surface area contributed by atoms with E-state index >= 15 is 0 Å². The third-order valence-corrected chi connectivity index (χ3v) is 6.91. The predicted molar refractivity (Wildman–Crippen MR) is 175 cm³/mol. The van der Waals surface area contributed by atoms with Crippen LogP contribution in [0, 0.1) is 0 Å². The normalized spacial score (nSPS) is 19.5. The van der Waals surface area contributed by atoms with Gasteiger partial charge in [-0.1, -0.05) is 127 Å². The Bertz CT molecular complexity index is 3620. The summed E-state index contributed by atoms with van der Waals surface area (Å²) in [5.74, 6) is -0.597. The van der Waals surface area contributed by atoms with Crippen molar-refractivity contribution in [2.45, 2.75) is 0 Å². The summed E-state index contributed by atoms with van der Waals surface area (Å²) in [5.41, 5.74) is -3.96. The first-order valence-corrected chi connectivity index (χ1v) is 12.4. The van der Waals surface area contributed by atoms with E-state index in [0.717, 1.165) is 6.07 Å². The highest BCUT2D eigenvalue weighted by molar-refractivity contribution is 6.27. The monoisotopic (exact) mass is 559 g/mol. The van der Waals surface area contributed by atoms with Crippen LogP contribution in [0.5, 0.6) is 0 Å². The zero-order chi connectivity index (χ0) is 47.6. The van der Waals surface area contributed by atoms with Gasteiger partial charge in [-0.15, -0.1) is 0 Å². The van der Waals surface area contributed by atoms with Gasteiger partial charge in [0.2, 0.25) is 0 Å². The van der Waals surface area contributed by atoms with Gasteiger partial charge in [0.1, 0.15) is 22.5 Å². The fourth-order valence-electron chi connectivity index (χ4n) is 5.27. The van der Waals surface area contributed by atoms with Crippen molar-refractivity contribution in [1.29, 1.82) is 0 Å². The Labute approximate surface area is 274 Å². The minimum absolute atomic E-state index is 0.290. The average molecular weight is 560 g/mol. The van der Waals surface area contributed by atoms with Crippen molar-refractivity contribution in [2.24, 2.45) is 0 Å². The Morgan fingerprint density at radius 2 is 0.976 bits per heavy atom. The maximum Gasteiger partial charge on any atom is 0.147 e. The lowest BCUT2D eigenvalue weighted by molar-refractivity contribution is 0.633. The summed E-state index contributed by atoms with van der Waals surface area (Å²) in [6.07, 6.45) is 0. The molecule has 9 aromatic rings. The van der Waals surface area contributed by atoms with E-state index in [1.807, 2.05) is 0 Å². The molecular formula is C40H24O2. The van der Waals surface area contributed by atoms with Crippen LogP contribution >= 0.6 is 0 Å². The average Bonchev–Trinajstić information content (AvgIpc) is 3.84. The molecule has 0 unspecified atom stereocenters. The van der Waals surface area contributed by atoms with Gasteiger partial charge in [-0.3, -0.25) is 0 Å². The number of fused-ring (bicyclic) bond motifs is 7. The molecule has 0 saturated heterocycles. The fraction of sp³-hybridized carbons (Fsp3) is 0. The van der Waals surface area contributed by atoms with E-state index in [2.05, 4.69) is 0 Å². The molecule has 0 aliphatic heterocycles. The van der Waals surface area contributed by atoms with E-state index in [1.54, 1.807) is 0 Å². The topological polar surface area (TPSA) is 26.3 Å². The predicted octanol–water partition coefficient (Wildman–Crippen LogP) is 11.6. The molecule has 2 nitrogen and oxygen atoms in total. The first kappa shape index (κ1) is 10.0. The van der Waals surface area contributed by atoms with Gasteiger partial charge in [-0.25, -0.2) is 0 Å². The minimum Gasteiger partial charge on any atom is -0.455 e. The Balaban J connectivity index is 1.65. The van der Waals surface area contributed by atoms with E-state index in [9.17, 15) is 6.85 Å². The molecule has 0 spiro atoms. The smallest absolute Gasteiger partial charge is 0.147 e. The number of hydrogen-bond acceptors (Lipinski definition) is 2. The molecule has 0 radical (unpaired) electrons. The lowest BCUT2D eigenvalue weighted by atomic mass is 9.85. The Hall–Kier alpha value is -5.60. The van der Waals surface area contributed by atoms with Gasteiger partial charge in [0.25, 0.3) is 0 Å². The zero-order valence-electron chi connectivity index (χ0n) is 43.9. The summed E-state index contributed by atoms with van der Waals surface area (Å²) in [7, 11) is 0. The third-order valence-electron chi connectivity index (χ3n) is 6.91. The van der Waals surface area contributed by atoms with Crippen LogP contribution in [0.1, 0.15) is 31.5 Å². The molecule has 0 fully saturated rings. The van der Waals surface area contributed by atoms with Gasteiger partial charge >= 0.3 is 0 Å². The molecule has 0 aliphatic rings. The summed E-state index contributed by atoms with van der Waals surface area (Å²) in [4.78, 5) is 0. The molecule has 7 aromatic carbocycles. The van der Waals surface area contributed by atoms with Crippen LogP contribution in [0.15, 0.2) is 154 Å². The second-order valence-electron chi connectivity index (χ2n) is 9.12. The van der Waals surface area contributed by atoms with Crippen LogP contribution in [0.25, 0.3) is 88.0 Å². The molecule has 42 heavy (non-hydrogen) atoms. The summed E-state index contributed by atoms with van der Waals surface area (Å²) < 4.78 is 214. The first-order valence-electron chi connectivity index (χ1n) is 23.9. The highest BCUT2D eigenvalue weighted by Gasteiger charge is 2.23. The van der Waals surface area contributed by atoms with Crippen LogP contribution in [-0.4, -0.2) is 0 Å². The standard InChI is InChI=1S/C40H24O2/c1-3-13-25(14-4-1)35-24-27-23-33(40-38(39(27)42-35)32-21-11-12-22-34(32)41-40)37-30-19-9-7-17-28(30)36(26-15-5-2-6-16-26)29-18-8-10-20-31(29)37/h1-24H/i1D,2D,3D,4D,5D,6D,7D,8D,9D,10D,11D,12D,13D,14D,15D,16D,17D,18D,19D,20D,21D,22D,24D. The van der Waals surface area contributed by atoms with Gasteiger partial charge in [0.05, 0.1) is 36.9 Å². The summed E-state index contributed by atoms with van der Waals surface area (Å²) in [6.45, 7) is 0. The van der Waals surface area contributed by atoms with Crippen molar-refractivity contribution >= 4 is 54.5 Å². The van der Waals surface area contributed by atoms with Crippen LogP contribution in [0.4, 0.5) is 0 Å². The van der Waals surface area contributed by atoms with Gasteiger partial charge in [0, 0.05) is 27.5 Å². The maximum absolute atomic E-state index is 9.42. The van der Waals surface area contributed by atoms with Gasteiger partial charge < -0.3 is 8.83 Å². The van der Waals surface area contributed by atoms with E-state index in [0.29, 0.717) is 0 Å². The van der Waals surface area contributed by atoms with Crippen molar-refractivity contribution < 1.29 is 40.4 Å². The highest BCUT2D eigenvalue weighted by Crippen LogP contribution is 2.49. The van der Waals surface area contributed by atoms with Crippen molar-refractivity contribution in [3.05, 3.63) is 145 Å². The molecule has 2 aromatic heterocycles. The van der Waals surface area contributed by atoms with E-state index < -0.39 is 200 Å². The van der Waals surface area contributed by atoms with Crippen LogP contribution < -0.4 is 0 Å². The van der Waals surface area contributed by atoms with Crippen LogP contribution in [0.2, 0.25) is 0 Å². The molecule has 196 valence electrons. The Morgan fingerprint density at radius 1 is 0.452 bits per heavy atom. The summed E-state index contributed by atoms with van der Waals surface area (Å²) in [5, 5.41) is -3.20. The second-order valence-corrected chi connectivity index (χ2v) is 9.12. The van der Waals surface area contributed by atoms with E-state index in [1.165, 1.54) is 0 Å². The number of hydrogen-bond donors (Lipinski definition) is 0. The van der Waals surface area contributed by atoms with Crippen LogP contribution in [-0.2, 0) is 0 Å². The molecule has 0 bridgehead atoms. The lowest BCUT2D eigenvalue weighted by Crippen LogP contribution is -1.91. The molecule has 0 saturated carbocycles. The quantitative estimate of drug-likeness (QED) is 0.201. The molecule has 2 heterocycles. The van der Waals surface area contributed by atoms with Crippen molar-refractivity contribution in [2.75, 3.05) is 0 Å². The lowest BCUT2D eigenvalue weighted by Gasteiger charge is -2.18. The first-order chi connectivity index (χ1) is 30.4. The van der Waals surface area contributed by atoms with E-state index in [-0.39, 0.29) is 27.3 Å². The van der Waals surface area contributed by atoms with Crippen molar-refractivity contribution in [3.8, 4) is 33.6 Å². The summed E-state index contributed by atoms with van der Waals surface area (Å²) in [6, 6.07) is -17.6. The molecule has 0 amide bonds. The molecule has 0 aliphatic carbocycles. The molecule has 0 atom stereocenters. The van der Waals surface area contributed by atoms with Gasteiger partial charge in [-0.2, -0.15) is 0 Å². The largest absolute Gasteiger partial charge is 0.455 e. The molecular weight excluding hydrogens is 512 g/mol. The Morgan fingerprint density at radius 3 is 1.62 bits per heavy atom. The molecule has 2 heteroatoms. The Kier molecular flexibility index (Phi) is 2.14. The van der Waals surface area contributed by atoms with E-state index in [4.69, 9.17) is 33.5 Å². The number of benzene rings is 7. The van der Waals surface area contributed by atoms with Crippen LogP contribution in [0.3, 0.4) is 0 Å². The van der Waals surface area contributed by atoms with Crippen molar-refractivity contribution in [3.63, 3.8) is 0 Å². The SMILES string of the molecule is [2H]c1c([2H])c([2H])c(-c2oc3c(cc(-c4c5c([2H])c([2H])c([2H])c([2H])c5c(-c5c([2H])c([2H])c([2H])c([2H])c5[2H])c5c([2H])c([2H])c([2H])c([2H])c45)c4oc5c([2H])c([2H])c([2H])c([2H])c5c43)c2[2H])c([2H])c1[2H]. The zero-order valence-corrected chi connectivity index (χ0v) is 20.9. The van der Waals surface area contributed by atoms with Crippen molar-refractivity contribution in [1.82, 2.24) is 0 Å². The second kappa shape index (κ2) is 8.95. The summed E-state index contributed by atoms with van der Waals surface area (Å²) >= 11 is 0. The van der Waals surface area contributed by atoms with Gasteiger partial charge in [0.15, 0.2) is 0 Å². The fourth-order valence-corrected chi connectivity index (χ4v) is 5.27.